The van der Waals surface area contributed by atoms with Crippen molar-refractivity contribution in [2.75, 3.05) is 26.4 Å². The molecule has 1 aromatic carbocycles. The number of carboxylic acids is 1. The number of rotatable bonds is 5. The molecule has 25 heavy (non-hydrogen) atoms. The average molecular weight is 362 g/mol. The number of carbonyl (C=O) groups is 2. The van der Waals surface area contributed by atoms with E-state index < -0.39 is 12.0 Å². The van der Waals surface area contributed by atoms with E-state index >= 15 is 0 Å². The number of aliphatic carboxylic acids is 1. The molecule has 0 spiro atoms. The number of carboxylic acid groups (broad SMARTS) is 1. The van der Waals surface area contributed by atoms with E-state index in [9.17, 15) is 14.7 Å². The number of benzene rings is 1. The van der Waals surface area contributed by atoms with Crippen LogP contribution in [-0.4, -0.2) is 59.3 Å². The molecule has 0 saturated carbocycles. The summed E-state index contributed by atoms with van der Waals surface area (Å²) in [7, 11) is 0. The Balaban J connectivity index is 1.78. The van der Waals surface area contributed by atoms with Gasteiger partial charge in [-0.05, 0) is 31.2 Å². The van der Waals surface area contributed by atoms with Gasteiger partial charge in [-0.3, -0.25) is 4.79 Å². The normalized spacial score (nSPS) is 17.3. The van der Waals surface area contributed by atoms with Crippen LogP contribution in [0.3, 0.4) is 0 Å². The highest BCUT2D eigenvalue weighted by molar-refractivity contribution is 7.13. The van der Waals surface area contributed by atoms with Crippen LogP contribution in [-0.2, 0) is 9.53 Å². The van der Waals surface area contributed by atoms with Crippen LogP contribution in [0.4, 0.5) is 0 Å². The first-order valence-corrected chi connectivity index (χ1v) is 8.78. The van der Waals surface area contributed by atoms with Gasteiger partial charge in [-0.15, -0.1) is 11.3 Å². The molecule has 1 saturated heterocycles. The largest absolute Gasteiger partial charge is 0.494 e. The summed E-state index contributed by atoms with van der Waals surface area (Å²) in [5.41, 5.74) is 1.13. The van der Waals surface area contributed by atoms with Crippen molar-refractivity contribution >= 4 is 23.2 Å². The third-order valence-corrected chi connectivity index (χ3v) is 4.70. The van der Waals surface area contributed by atoms with Crippen molar-refractivity contribution in [3.63, 3.8) is 0 Å². The molecule has 1 atom stereocenters. The summed E-state index contributed by atoms with van der Waals surface area (Å²) >= 11 is 1.35. The van der Waals surface area contributed by atoms with Gasteiger partial charge in [0.25, 0.3) is 5.91 Å². The van der Waals surface area contributed by atoms with E-state index in [1.165, 1.54) is 16.2 Å². The zero-order chi connectivity index (χ0) is 17.8. The molecule has 1 fully saturated rings. The van der Waals surface area contributed by atoms with Crippen molar-refractivity contribution in [3.05, 3.63) is 35.3 Å². The minimum Gasteiger partial charge on any atom is -0.494 e. The van der Waals surface area contributed by atoms with E-state index in [0.29, 0.717) is 18.2 Å². The second-order valence-corrected chi connectivity index (χ2v) is 6.28. The molecule has 2 heterocycles. The van der Waals surface area contributed by atoms with Crippen LogP contribution < -0.4 is 4.74 Å². The predicted octanol–water partition coefficient (Wildman–Crippen LogP) is 2.13. The van der Waals surface area contributed by atoms with Crippen LogP contribution in [0.25, 0.3) is 10.6 Å². The number of nitrogens with zero attached hydrogens (tertiary/aromatic N) is 2. The molecule has 1 amide bonds. The van der Waals surface area contributed by atoms with E-state index in [-0.39, 0.29) is 24.8 Å². The van der Waals surface area contributed by atoms with Gasteiger partial charge in [0, 0.05) is 17.5 Å². The molecule has 7 nitrogen and oxygen atoms in total. The molecule has 0 unspecified atom stereocenters. The third kappa shape index (κ3) is 3.80. The van der Waals surface area contributed by atoms with Gasteiger partial charge in [0.05, 0.1) is 19.8 Å². The first-order valence-electron chi connectivity index (χ1n) is 7.90. The maximum atomic E-state index is 12.6. The molecule has 0 radical (unpaired) electrons. The molecule has 3 rings (SSSR count). The van der Waals surface area contributed by atoms with Gasteiger partial charge in [0.15, 0.2) is 6.04 Å². The zero-order valence-corrected chi connectivity index (χ0v) is 14.5. The Morgan fingerprint density at radius 3 is 2.84 bits per heavy atom. The van der Waals surface area contributed by atoms with Crippen molar-refractivity contribution < 1.29 is 24.2 Å². The van der Waals surface area contributed by atoms with E-state index in [4.69, 9.17) is 9.47 Å². The van der Waals surface area contributed by atoms with Crippen molar-refractivity contribution in [2.45, 2.75) is 13.0 Å². The molecule has 132 valence electrons. The van der Waals surface area contributed by atoms with Gasteiger partial charge in [0.1, 0.15) is 16.5 Å². The van der Waals surface area contributed by atoms with Crippen LogP contribution >= 0.6 is 11.3 Å². The summed E-state index contributed by atoms with van der Waals surface area (Å²) in [6.07, 6.45) is 0. The highest BCUT2D eigenvalue weighted by atomic mass is 32.1. The lowest BCUT2D eigenvalue weighted by molar-refractivity contribution is -0.147. The smallest absolute Gasteiger partial charge is 0.328 e. The van der Waals surface area contributed by atoms with Crippen LogP contribution in [0.5, 0.6) is 5.75 Å². The van der Waals surface area contributed by atoms with E-state index in [1.54, 1.807) is 5.38 Å². The van der Waals surface area contributed by atoms with Crippen molar-refractivity contribution in [1.82, 2.24) is 9.88 Å². The van der Waals surface area contributed by atoms with E-state index in [1.807, 2.05) is 31.2 Å². The minimum atomic E-state index is -1.07. The summed E-state index contributed by atoms with van der Waals surface area (Å²) in [5.74, 6) is -0.684. The molecule has 2 aromatic rings. The quantitative estimate of drug-likeness (QED) is 0.877. The highest BCUT2D eigenvalue weighted by Crippen LogP contribution is 2.26. The zero-order valence-electron chi connectivity index (χ0n) is 13.7. The van der Waals surface area contributed by atoms with Crippen molar-refractivity contribution in [1.29, 1.82) is 0 Å². The number of hydrogen-bond donors (Lipinski definition) is 1. The van der Waals surface area contributed by atoms with Crippen LogP contribution in [0.1, 0.15) is 17.4 Å². The Labute approximate surface area is 148 Å². The first-order chi connectivity index (χ1) is 12.1. The fraction of sp³-hybridized carbons (Fsp3) is 0.353. The summed E-state index contributed by atoms with van der Waals surface area (Å²) < 4.78 is 10.6. The second-order valence-electron chi connectivity index (χ2n) is 5.42. The number of hydrogen-bond acceptors (Lipinski definition) is 6. The van der Waals surface area contributed by atoms with Gasteiger partial charge in [-0.1, -0.05) is 0 Å². The molecular weight excluding hydrogens is 344 g/mol. The predicted molar refractivity (Wildman–Crippen MR) is 92.0 cm³/mol. The maximum Gasteiger partial charge on any atom is 0.328 e. The molecule has 1 aliphatic heterocycles. The second kappa shape index (κ2) is 7.62. The van der Waals surface area contributed by atoms with Crippen LogP contribution in [0.15, 0.2) is 29.6 Å². The van der Waals surface area contributed by atoms with Gasteiger partial charge in [0.2, 0.25) is 0 Å². The number of morpholine rings is 1. The SMILES string of the molecule is CCOc1ccc(-c2nc(C(=O)N3CCOC[C@H]3C(=O)O)cs2)cc1. The lowest BCUT2D eigenvalue weighted by atomic mass is 10.2. The standard InChI is InChI=1S/C17H18N2O5S/c1-2-24-12-5-3-11(4-6-12)15-18-13(10-25-15)16(20)19-7-8-23-9-14(19)17(21)22/h3-6,10,14H,2,7-9H2,1H3,(H,21,22)/t14-/m0/s1. The Bertz CT molecular complexity index is 759. The number of aromatic nitrogens is 1. The van der Waals surface area contributed by atoms with E-state index in [0.717, 1.165) is 11.3 Å². The molecule has 1 aliphatic rings. The van der Waals surface area contributed by atoms with E-state index in [2.05, 4.69) is 4.98 Å². The van der Waals surface area contributed by atoms with Gasteiger partial charge in [-0.2, -0.15) is 0 Å². The minimum absolute atomic E-state index is 0.00302. The van der Waals surface area contributed by atoms with Crippen molar-refractivity contribution in [3.8, 4) is 16.3 Å². The Morgan fingerprint density at radius 1 is 1.40 bits per heavy atom. The Hall–Kier alpha value is -2.45. The fourth-order valence-electron chi connectivity index (χ4n) is 2.56. The van der Waals surface area contributed by atoms with Gasteiger partial charge >= 0.3 is 5.97 Å². The topological polar surface area (TPSA) is 89.0 Å². The summed E-state index contributed by atoms with van der Waals surface area (Å²) in [4.78, 5) is 29.6. The summed E-state index contributed by atoms with van der Waals surface area (Å²) in [6.45, 7) is 3.08. The van der Waals surface area contributed by atoms with Crippen LogP contribution in [0, 0.1) is 0 Å². The molecular formula is C17H18N2O5S. The Kier molecular flexibility index (Phi) is 5.30. The maximum absolute atomic E-state index is 12.6. The van der Waals surface area contributed by atoms with Gasteiger partial charge < -0.3 is 19.5 Å². The first kappa shape index (κ1) is 17.4. The van der Waals surface area contributed by atoms with Gasteiger partial charge in [-0.25, -0.2) is 9.78 Å². The molecule has 1 N–H and O–H groups in total. The molecule has 0 aliphatic carbocycles. The number of amides is 1. The third-order valence-electron chi connectivity index (χ3n) is 3.81. The number of ether oxygens (including phenoxy) is 2. The van der Waals surface area contributed by atoms with Crippen molar-refractivity contribution in [2.24, 2.45) is 0 Å². The number of thiazole rings is 1. The lowest BCUT2D eigenvalue weighted by Gasteiger charge is -2.32. The summed E-state index contributed by atoms with van der Waals surface area (Å²) in [6, 6.07) is 6.49. The lowest BCUT2D eigenvalue weighted by Crippen LogP contribution is -2.52. The highest BCUT2D eigenvalue weighted by Gasteiger charge is 2.34. The Morgan fingerprint density at radius 2 is 2.16 bits per heavy atom. The average Bonchev–Trinajstić information content (AvgIpc) is 3.12. The number of carbonyl (C=O) groups excluding carboxylic acids is 1. The molecule has 1 aromatic heterocycles. The molecule has 0 bridgehead atoms. The fourth-order valence-corrected chi connectivity index (χ4v) is 3.36. The summed E-state index contributed by atoms with van der Waals surface area (Å²) in [5, 5.41) is 11.6. The van der Waals surface area contributed by atoms with Crippen LogP contribution in [0.2, 0.25) is 0 Å². The monoisotopic (exact) mass is 362 g/mol. The molecule has 8 heteroatoms.